The molecule has 0 radical (unpaired) electrons. The molecule has 1 heterocycles. The van der Waals surface area contributed by atoms with Gasteiger partial charge in [-0.3, -0.25) is 15.0 Å². The second-order valence-corrected chi connectivity index (χ2v) is 5.02. The van der Waals surface area contributed by atoms with Gasteiger partial charge in [-0.15, -0.1) is 0 Å². The smallest absolute Gasteiger partial charge is 0.387 e. The Kier molecular flexibility index (Phi) is 5.03. The van der Waals surface area contributed by atoms with Crippen molar-refractivity contribution in [1.82, 2.24) is 10.2 Å². The summed E-state index contributed by atoms with van der Waals surface area (Å²) in [6.45, 7) is 1.71. The zero-order valence-corrected chi connectivity index (χ0v) is 11.6. The van der Waals surface area contributed by atoms with Gasteiger partial charge in [-0.1, -0.05) is 0 Å². The Morgan fingerprint density at radius 2 is 2.33 bits per heavy atom. The highest BCUT2D eigenvalue weighted by atomic mass is 19.3. The first-order valence-electron chi connectivity index (χ1n) is 6.63. The van der Waals surface area contributed by atoms with Gasteiger partial charge < -0.3 is 10.1 Å². The van der Waals surface area contributed by atoms with Crippen LogP contribution in [0.3, 0.4) is 0 Å². The second kappa shape index (κ2) is 6.77. The molecule has 0 spiro atoms. The van der Waals surface area contributed by atoms with E-state index in [1.165, 1.54) is 18.2 Å². The molecule has 1 saturated heterocycles. The van der Waals surface area contributed by atoms with E-state index in [2.05, 4.69) is 15.0 Å². The molecular formula is C13H17F2N3O3. The van der Waals surface area contributed by atoms with Crippen molar-refractivity contribution < 1.29 is 18.4 Å². The lowest BCUT2D eigenvalue weighted by molar-refractivity contribution is -0.385. The van der Waals surface area contributed by atoms with E-state index in [1.807, 2.05) is 6.92 Å². The minimum Gasteiger partial charge on any atom is -0.434 e. The van der Waals surface area contributed by atoms with Gasteiger partial charge in [0.1, 0.15) is 5.75 Å². The number of nitrogens with zero attached hydrogens (tertiary/aromatic N) is 2. The van der Waals surface area contributed by atoms with Gasteiger partial charge in [-0.05, 0) is 13.0 Å². The first kappa shape index (κ1) is 15.6. The van der Waals surface area contributed by atoms with Crippen molar-refractivity contribution in [2.24, 2.45) is 0 Å². The molecule has 0 amide bonds. The van der Waals surface area contributed by atoms with Gasteiger partial charge in [0.2, 0.25) is 0 Å². The van der Waals surface area contributed by atoms with Gasteiger partial charge >= 0.3 is 6.61 Å². The highest BCUT2D eigenvalue weighted by molar-refractivity contribution is 5.43. The van der Waals surface area contributed by atoms with Gasteiger partial charge in [0.25, 0.3) is 5.69 Å². The summed E-state index contributed by atoms with van der Waals surface area (Å²) in [5.74, 6) is -0.0122. The molecule has 1 aromatic rings. The summed E-state index contributed by atoms with van der Waals surface area (Å²) >= 11 is 0. The van der Waals surface area contributed by atoms with E-state index in [9.17, 15) is 18.9 Å². The van der Waals surface area contributed by atoms with Crippen LogP contribution >= 0.6 is 0 Å². The molecule has 1 aliphatic rings. The molecule has 0 aromatic heterocycles. The topological polar surface area (TPSA) is 67.6 Å². The third kappa shape index (κ3) is 4.33. The minimum absolute atomic E-state index is 0.0122. The summed E-state index contributed by atoms with van der Waals surface area (Å²) in [5.41, 5.74) is 0.272. The number of hydrogen-bond donors (Lipinski definition) is 1. The average molecular weight is 301 g/mol. The molecule has 21 heavy (non-hydrogen) atoms. The Balaban J connectivity index is 2.20. The monoisotopic (exact) mass is 301 g/mol. The maximum absolute atomic E-state index is 12.4. The minimum atomic E-state index is -2.95. The van der Waals surface area contributed by atoms with Crippen LogP contribution in [0.4, 0.5) is 14.5 Å². The summed E-state index contributed by atoms with van der Waals surface area (Å²) in [4.78, 5) is 12.3. The molecule has 1 atom stereocenters. The predicted molar refractivity (Wildman–Crippen MR) is 72.5 cm³/mol. The third-order valence-corrected chi connectivity index (χ3v) is 3.32. The maximum atomic E-state index is 12.4. The Morgan fingerprint density at radius 1 is 1.57 bits per heavy atom. The van der Waals surface area contributed by atoms with E-state index < -0.39 is 11.5 Å². The number of nitrogens with one attached hydrogen (secondary N) is 1. The number of ether oxygens (including phenoxy) is 1. The molecule has 2 rings (SSSR count). The first-order chi connectivity index (χ1) is 9.95. The van der Waals surface area contributed by atoms with Crippen molar-refractivity contribution in [2.75, 3.05) is 19.6 Å². The fraction of sp³-hybridized carbons (Fsp3) is 0.538. The maximum Gasteiger partial charge on any atom is 0.387 e. The number of nitro groups is 1. The second-order valence-electron chi connectivity index (χ2n) is 5.02. The van der Waals surface area contributed by atoms with Gasteiger partial charge in [-0.25, -0.2) is 0 Å². The zero-order valence-electron chi connectivity index (χ0n) is 11.6. The number of piperazine rings is 1. The van der Waals surface area contributed by atoms with E-state index >= 15 is 0 Å². The normalized spacial score (nSPS) is 19.7. The molecule has 0 saturated carbocycles. The largest absolute Gasteiger partial charge is 0.434 e. The van der Waals surface area contributed by atoms with Crippen LogP contribution in [0, 0.1) is 10.1 Å². The van der Waals surface area contributed by atoms with E-state index in [1.54, 1.807) is 0 Å². The molecule has 0 aliphatic carbocycles. The Hall–Kier alpha value is -1.80. The summed E-state index contributed by atoms with van der Waals surface area (Å²) in [5, 5.41) is 14.1. The van der Waals surface area contributed by atoms with E-state index in [0.717, 1.165) is 19.6 Å². The van der Waals surface area contributed by atoms with Crippen LogP contribution < -0.4 is 10.1 Å². The van der Waals surface area contributed by atoms with Gasteiger partial charge in [0, 0.05) is 49.9 Å². The number of hydrogen-bond acceptors (Lipinski definition) is 5. The Morgan fingerprint density at radius 3 is 2.95 bits per heavy atom. The quantitative estimate of drug-likeness (QED) is 0.665. The molecule has 1 N–H and O–H groups in total. The SMILES string of the molecule is C[C@H]1CN(Cc2cc([N+](=O)[O-])ccc2OC(F)F)CCN1. The van der Waals surface area contributed by atoms with E-state index in [4.69, 9.17) is 0 Å². The van der Waals surface area contributed by atoms with E-state index in [-0.39, 0.29) is 17.5 Å². The lowest BCUT2D eigenvalue weighted by Gasteiger charge is -2.32. The Labute approximate surface area is 120 Å². The molecule has 0 unspecified atom stereocenters. The molecular weight excluding hydrogens is 284 g/mol. The van der Waals surface area contributed by atoms with Crippen molar-refractivity contribution in [1.29, 1.82) is 0 Å². The number of nitro benzene ring substituents is 1. The van der Waals surface area contributed by atoms with Crippen LogP contribution in [0.5, 0.6) is 5.75 Å². The fourth-order valence-electron chi connectivity index (χ4n) is 2.41. The van der Waals surface area contributed by atoms with Crippen LogP contribution in [0.2, 0.25) is 0 Å². The summed E-state index contributed by atoms with van der Waals surface area (Å²) < 4.78 is 29.3. The van der Waals surface area contributed by atoms with Gasteiger partial charge in [-0.2, -0.15) is 8.78 Å². The van der Waals surface area contributed by atoms with Crippen LogP contribution in [0.25, 0.3) is 0 Å². The first-order valence-corrected chi connectivity index (χ1v) is 6.63. The van der Waals surface area contributed by atoms with Crippen LogP contribution in [-0.2, 0) is 6.54 Å². The lowest BCUT2D eigenvalue weighted by Crippen LogP contribution is -2.48. The lowest BCUT2D eigenvalue weighted by atomic mass is 10.1. The number of benzene rings is 1. The third-order valence-electron chi connectivity index (χ3n) is 3.32. The van der Waals surface area contributed by atoms with Crippen LogP contribution in [-0.4, -0.2) is 42.1 Å². The van der Waals surface area contributed by atoms with Crippen molar-refractivity contribution in [3.63, 3.8) is 0 Å². The van der Waals surface area contributed by atoms with E-state index in [0.29, 0.717) is 12.1 Å². The molecule has 6 nitrogen and oxygen atoms in total. The molecule has 1 aromatic carbocycles. The van der Waals surface area contributed by atoms with Crippen molar-refractivity contribution in [3.05, 3.63) is 33.9 Å². The van der Waals surface area contributed by atoms with Crippen molar-refractivity contribution >= 4 is 5.69 Å². The highest BCUT2D eigenvalue weighted by Gasteiger charge is 2.20. The number of rotatable bonds is 5. The fourth-order valence-corrected chi connectivity index (χ4v) is 2.41. The Bertz CT molecular complexity index is 513. The van der Waals surface area contributed by atoms with Crippen LogP contribution in [0.15, 0.2) is 18.2 Å². The number of alkyl halides is 2. The van der Waals surface area contributed by atoms with Gasteiger partial charge in [0.05, 0.1) is 4.92 Å². The molecule has 1 aliphatic heterocycles. The zero-order chi connectivity index (χ0) is 15.4. The van der Waals surface area contributed by atoms with Crippen molar-refractivity contribution in [2.45, 2.75) is 26.1 Å². The summed E-state index contributed by atoms with van der Waals surface area (Å²) in [6, 6.07) is 3.98. The molecule has 8 heteroatoms. The standard InChI is InChI=1S/C13H17F2N3O3/c1-9-7-17(5-4-16-9)8-10-6-11(18(19)20)2-3-12(10)21-13(14)15/h2-3,6,9,13,16H,4-5,7-8H2,1H3/t9-/m0/s1. The molecule has 0 bridgehead atoms. The number of halogens is 2. The summed E-state index contributed by atoms with van der Waals surface area (Å²) in [6.07, 6.45) is 0. The van der Waals surface area contributed by atoms with Crippen molar-refractivity contribution in [3.8, 4) is 5.75 Å². The predicted octanol–water partition coefficient (Wildman–Crippen LogP) is 1.99. The molecule has 116 valence electrons. The highest BCUT2D eigenvalue weighted by Crippen LogP contribution is 2.27. The average Bonchev–Trinajstić information content (AvgIpc) is 2.40. The summed E-state index contributed by atoms with van der Waals surface area (Å²) in [7, 11) is 0. The molecule has 1 fully saturated rings. The number of non-ortho nitro benzene ring substituents is 1. The van der Waals surface area contributed by atoms with Crippen LogP contribution in [0.1, 0.15) is 12.5 Å². The van der Waals surface area contributed by atoms with Gasteiger partial charge in [0.15, 0.2) is 0 Å².